The molecule has 0 fully saturated rings. The molecule has 17 heavy (non-hydrogen) atoms. The Labute approximate surface area is 111 Å². The summed E-state index contributed by atoms with van der Waals surface area (Å²) in [6.07, 6.45) is 1.65. The fourth-order valence-electron chi connectivity index (χ4n) is 1.24. The highest BCUT2D eigenvalue weighted by Crippen LogP contribution is 2.19. The van der Waals surface area contributed by atoms with E-state index < -0.39 is 0 Å². The van der Waals surface area contributed by atoms with Crippen molar-refractivity contribution in [2.45, 2.75) is 13.1 Å². The Bertz CT molecular complexity index is 482. The first-order chi connectivity index (χ1) is 8.24. The van der Waals surface area contributed by atoms with Crippen LogP contribution in [0.25, 0.3) is 0 Å². The summed E-state index contributed by atoms with van der Waals surface area (Å²) in [6, 6.07) is 3.61. The van der Waals surface area contributed by atoms with E-state index >= 15 is 0 Å². The number of urea groups is 1. The van der Waals surface area contributed by atoms with Crippen LogP contribution >= 0.6 is 27.3 Å². The lowest BCUT2D eigenvalue weighted by atomic mass is 10.4. The summed E-state index contributed by atoms with van der Waals surface area (Å²) in [5.74, 6) is 0. The molecule has 90 valence electrons. The average molecular weight is 315 g/mol. The van der Waals surface area contributed by atoms with Gasteiger partial charge >= 0.3 is 6.03 Å². The zero-order valence-corrected chi connectivity index (χ0v) is 11.3. The van der Waals surface area contributed by atoms with Gasteiger partial charge in [0.15, 0.2) is 0 Å². The molecular weight excluding hydrogens is 304 g/mol. The van der Waals surface area contributed by atoms with Crippen molar-refractivity contribution < 1.29 is 4.79 Å². The molecule has 0 aliphatic carbocycles. The molecule has 2 heterocycles. The van der Waals surface area contributed by atoms with Gasteiger partial charge in [-0.3, -0.25) is 5.10 Å². The molecule has 0 atom stereocenters. The van der Waals surface area contributed by atoms with Crippen LogP contribution in [0, 0.1) is 0 Å². The van der Waals surface area contributed by atoms with Gasteiger partial charge in [0.05, 0.1) is 18.8 Å². The van der Waals surface area contributed by atoms with E-state index in [0.717, 1.165) is 15.0 Å². The summed E-state index contributed by atoms with van der Waals surface area (Å²) in [6.45, 7) is 0.977. The smallest absolute Gasteiger partial charge is 0.315 e. The summed E-state index contributed by atoms with van der Waals surface area (Å²) in [5, 5.41) is 14.1. The van der Waals surface area contributed by atoms with Crippen molar-refractivity contribution in [2.24, 2.45) is 0 Å². The quantitative estimate of drug-likeness (QED) is 0.810. The molecule has 0 saturated carbocycles. The second kappa shape index (κ2) is 5.83. The molecule has 2 aromatic heterocycles. The number of carbonyl (C=O) groups is 1. The van der Waals surface area contributed by atoms with Crippen molar-refractivity contribution in [3.8, 4) is 0 Å². The number of nitrogens with one attached hydrogen (secondary N) is 3. The highest BCUT2D eigenvalue weighted by atomic mass is 79.9. The maximum atomic E-state index is 11.5. The molecule has 7 heteroatoms. The molecule has 3 N–H and O–H groups in total. The van der Waals surface area contributed by atoms with Crippen LogP contribution in [0.4, 0.5) is 4.79 Å². The third-order valence-electron chi connectivity index (χ3n) is 2.04. The zero-order chi connectivity index (χ0) is 12.1. The molecule has 0 aliphatic heterocycles. The number of carbonyl (C=O) groups excluding carboxylic acids is 1. The first kappa shape index (κ1) is 12.1. The number of hydrogen-bond acceptors (Lipinski definition) is 3. The van der Waals surface area contributed by atoms with Crippen molar-refractivity contribution in [1.29, 1.82) is 0 Å². The Balaban J connectivity index is 1.71. The van der Waals surface area contributed by atoms with Crippen molar-refractivity contribution in [3.63, 3.8) is 0 Å². The number of H-pyrrole nitrogens is 1. The molecule has 2 aromatic rings. The largest absolute Gasteiger partial charge is 0.333 e. The normalized spacial score (nSPS) is 10.2. The number of aromatic nitrogens is 2. The zero-order valence-electron chi connectivity index (χ0n) is 8.87. The molecule has 0 radical (unpaired) electrons. The molecule has 0 spiro atoms. The molecule has 0 aromatic carbocycles. The van der Waals surface area contributed by atoms with Gasteiger partial charge in [-0.1, -0.05) is 0 Å². The third-order valence-corrected chi connectivity index (χ3v) is 3.74. The van der Waals surface area contributed by atoms with Crippen LogP contribution in [-0.4, -0.2) is 16.2 Å². The van der Waals surface area contributed by atoms with Gasteiger partial charge in [-0.25, -0.2) is 4.79 Å². The monoisotopic (exact) mass is 314 g/mol. The third kappa shape index (κ3) is 3.86. The predicted octanol–water partition coefficient (Wildman–Crippen LogP) is 2.23. The molecule has 0 unspecified atom stereocenters. The van der Waals surface area contributed by atoms with Crippen molar-refractivity contribution in [3.05, 3.63) is 38.8 Å². The van der Waals surface area contributed by atoms with Crippen LogP contribution in [0.3, 0.4) is 0 Å². The Morgan fingerprint density at radius 3 is 2.94 bits per heavy atom. The Hall–Kier alpha value is -1.34. The van der Waals surface area contributed by atoms with Crippen molar-refractivity contribution in [1.82, 2.24) is 20.8 Å². The lowest BCUT2D eigenvalue weighted by Gasteiger charge is -2.05. The molecular formula is C10H11BrN4OS. The molecule has 0 aliphatic rings. The van der Waals surface area contributed by atoms with Crippen LogP contribution in [0.5, 0.6) is 0 Å². The van der Waals surface area contributed by atoms with Gasteiger partial charge in [0.1, 0.15) is 0 Å². The number of rotatable bonds is 4. The van der Waals surface area contributed by atoms with Gasteiger partial charge < -0.3 is 10.6 Å². The van der Waals surface area contributed by atoms with E-state index in [2.05, 4.69) is 36.8 Å². The standard InChI is InChI=1S/C10H11BrN4OS/c11-7-3-9(17-6-7)5-13-10(16)12-4-8-1-2-14-15-8/h1-3,6H,4-5H2,(H,14,15)(H2,12,13,16). The molecule has 2 amide bonds. The van der Waals surface area contributed by atoms with Crippen LogP contribution in [0.2, 0.25) is 0 Å². The Morgan fingerprint density at radius 1 is 1.47 bits per heavy atom. The maximum Gasteiger partial charge on any atom is 0.315 e. The second-order valence-corrected chi connectivity index (χ2v) is 5.26. The number of amides is 2. The van der Waals surface area contributed by atoms with Gasteiger partial charge in [-0.15, -0.1) is 11.3 Å². The molecule has 2 rings (SSSR count). The SMILES string of the molecule is O=C(NCc1ccn[nH]1)NCc1cc(Br)cs1. The number of halogens is 1. The number of thiophene rings is 1. The second-order valence-electron chi connectivity index (χ2n) is 3.35. The lowest BCUT2D eigenvalue weighted by molar-refractivity contribution is 0.240. The van der Waals surface area contributed by atoms with E-state index in [1.807, 2.05) is 17.5 Å². The fourth-order valence-corrected chi connectivity index (χ4v) is 2.63. The van der Waals surface area contributed by atoms with Crippen molar-refractivity contribution in [2.75, 3.05) is 0 Å². The lowest BCUT2D eigenvalue weighted by Crippen LogP contribution is -2.34. The van der Waals surface area contributed by atoms with Crippen LogP contribution in [-0.2, 0) is 13.1 Å². The van der Waals surface area contributed by atoms with Gasteiger partial charge in [0.25, 0.3) is 0 Å². The van der Waals surface area contributed by atoms with E-state index in [9.17, 15) is 4.79 Å². The van der Waals surface area contributed by atoms with E-state index in [-0.39, 0.29) is 6.03 Å². The average Bonchev–Trinajstić information content (AvgIpc) is 2.95. The van der Waals surface area contributed by atoms with Gasteiger partial charge in [-0.05, 0) is 28.1 Å². The fraction of sp³-hybridized carbons (Fsp3) is 0.200. The summed E-state index contributed by atoms with van der Waals surface area (Å²) < 4.78 is 1.04. The minimum Gasteiger partial charge on any atom is -0.333 e. The van der Waals surface area contributed by atoms with Crippen LogP contribution < -0.4 is 10.6 Å². The first-order valence-corrected chi connectivity index (χ1v) is 6.64. The Kier molecular flexibility index (Phi) is 4.16. The highest BCUT2D eigenvalue weighted by Gasteiger charge is 2.02. The summed E-state index contributed by atoms with van der Waals surface area (Å²) in [7, 11) is 0. The minimum atomic E-state index is -0.191. The van der Waals surface area contributed by atoms with Gasteiger partial charge in [0.2, 0.25) is 0 Å². The maximum absolute atomic E-state index is 11.5. The number of nitrogens with zero attached hydrogens (tertiary/aromatic N) is 1. The van der Waals surface area contributed by atoms with Gasteiger partial charge in [-0.2, -0.15) is 5.10 Å². The van der Waals surface area contributed by atoms with Crippen LogP contribution in [0.1, 0.15) is 10.6 Å². The minimum absolute atomic E-state index is 0.191. The number of aromatic amines is 1. The van der Waals surface area contributed by atoms with Crippen LogP contribution in [0.15, 0.2) is 28.2 Å². The van der Waals surface area contributed by atoms with Gasteiger partial charge in [0, 0.05) is 20.9 Å². The topological polar surface area (TPSA) is 69.8 Å². The van der Waals surface area contributed by atoms with E-state index in [0.29, 0.717) is 13.1 Å². The van der Waals surface area contributed by atoms with E-state index in [4.69, 9.17) is 0 Å². The predicted molar refractivity (Wildman–Crippen MR) is 69.7 cm³/mol. The number of hydrogen-bond donors (Lipinski definition) is 3. The first-order valence-electron chi connectivity index (χ1n) is 4.97. The highest BCUT2D eigenvalue weighted by molar-refractivity contribution is 9.10. The summed E-state index contributed by atoms with van der Waals surface area (Å²) >= 11 is 4.97. The molecule has 0 bridgehead atoms. The molecule has 5 nitrogen and oxygen atoms in total. The molecule has 0 saturated heterocycles. The van der Waals surface area contributed by atoms with E-state index in [1.165, 1.54) is 0 Å². The summed E-state index contributed by atoms with van der Waals surface area (Å²) in [5.41, 5.74) is 0.874. The Morgan fingerprint density at radius 2 is 2.29 bits per heavy atom. The van der Waals surface area contributed by atoms with Crippen molar-refractivity contribution >= 4 is 33.3 Å². The summed E-state index contributed by atoms with van der Waals surface area (Å²) in [4.78, 5) is 12.6. The van der Waals surface area contributed by atoms with E-state index in [1.54, 1.807) is 17.5 Å².